The van der Waals surface area contributed by atoms with Crippen LogP contribution in [0.3, 0.4) is 0 Å². The van der Waals surface area contributed by atoms with Crippen molar-refractivity contribution in [3.8, 4) is 0 Å². The van der Waals surface area contributed by atoms with Gasteiger partial charge in [0.15, 0.2) is 0 Å². The van der Waals surface area contributed by atoms with Gasteiger partial charge in [0.2, 0.25) is 0 Å². The summed E-state index contributed by atoms with van der Waals surface area (Å²) in [6.07, 6.45) is 7.16. The molecule has 4 unspecified atom stereocenters. The van der Waals surface area contributed by atoms with Gasteiger partial charge in [-0.25, -0.2) is 0 Å². The van der Waals surface area contributed by atoms with Crippen LogP contribution < -0.4 is 0 Å². The minimum absolute atomic E-state index is 0.0623. The molecule has 6 rings (SSSR count). The van der Waals surface area contributed by atoms with E-state index in [2.05, 4.69) is 31.2 Å². The van der Waals surface area contributed by atoms with Crippen molar-refractivity contribution in [3.63, 3.8) is 0 Å². The van der Waals surface area contributed by atoms with E-state index in [1.54, 1.807) is 0 Å². The summed E-state index contributed by atoms with van der Waals surface area (Å²) in [5.74, 6) is 1.48. The predicted molar refractivity (Wildman–Crippen MR) is 79.9 cm³/mol. The molecule has 0 radical (unpaired) electrons. The second-order valence-electron chi connectivity index (χ2n) is 8.25. The van der Waals surface area contributed by atoms with Crippen LogP contribution in [0, 0.1) is 24.2 Å². The van der Waals surface area contributed by atoms with Gasteiger partial charge in [-0.1, -0.05) is 29.8 Å². The zero-order chi connectivity index (χ0) is 14.2. The largest absolute Gasteiger partial charge is 0.461 e. The van der Waals surface area contributed by atoms with E-state index in [1.165, 1.54) is 43.2 Å². The van der Waals surface area contributed by atoms with E-state index >= 15 is 0 Å². The Balaban J connectivity index is 1.61. The standard InChI is InChI=1S/C19H22O2/c1-12-2-4-15(5-3-12)18-7-13-6-14(9-18)17-19(8-13,11-18)10-16(20)21-17/h2-5,13-14,17H,6-11H2,1H3/t13?,14?,17-,18?,19?/m1/s1. The van der Waals surface area contributed by atoms with Gasteiger partial charge in [-0.05, 0) is 61.8 Å². The van der Waals surface area contributed by atoms with Crippen LogP contribution in [0.2, 0.25) is 0 Å². The van der Waals surface area contributed by atoms with Crippen molar-refractivity contribution >= 4 is 5.97 Å². The Labute approximate surface area is 125 Å². The van der Waals surface area contributed by atoms with Gasteiger partial charge in [-0.3, -0.25) is 4.79 Å². The van der Waals surface area contributed by atoms with E-state index in [0.717, 1.165) is 5.92 Å². The van der Waals surface area contributed by atoms with Gasteiger partial charge in [0, 0.05) is 5.41 Å². The van der Waals surface area contributed by atoms with Crippen LogP contribution in [-0.4, -0.2) is 12.1 Å². The van der Waals surface area contributed by atoms with E-state index < -0.39 is 0 Å². The smallest absolute Gasteiger partial charge is 0.306 e. The second kappa shape index (κ2) is 3.71. The second-order valence-corrected chi connectivity index (χ2v) is 8.25. The molecule has 110 valence electrons. The van der Waals surface area contributed by atoms with E-state index in [4.69, 9.17) is 4.74 Å². The Bertz CT molecular complexity index is 619. The van der Waals surface area contributed by atoms with Crippen molar-refractivity contribution in [2.75, 3.05) is 0 Å². The van der Waals surface area contributed by atoms with Crippen LogP contribution in [0.1, 0.15) is 49.7 Å². The molecule has 0 N–H and O–H groups in total. The molecule has 1 saturated heterocycles. The number of aryl methyl sites for hydroxylation is 1. The van der Waals surface area contributed by atoms with Gasteiger partial charge in [0.1, 0.15) is 6.10 Å². The minimum atomic E-state index is 0.0623. The Morgan fingerprint density at radius 2 is 1.95 bits per heavy atom. The van der Waals surface area contributed by atoms with Gasteiger partial charge in [-0.2, -0.15) is 0 Å². The van der Waals surface area contributed by atoms with E-state index in [-0.39, 0.29) is 17.5 Å². The summed E-state index contributed by atoms with van der Waals surface area (Å²) in [4.78, 5) is 11.9. The minimum Gasteiger partial charge on any atom is -0.461 e. The van der Waals surface area contributed by atoms with Crippen molar-refractivity contribution in [2.45, 2.75) is 57.0 Å². The summed E-state index contributed by atoms with van der Waals surface area (Å²) in [5.41, 5.74) is 3.34. The number of rotatable bonds is 1. The maximum absolute atomic E-state index is 11.9. The monoisotopic (exact) mass is 282 g/mol. The lowest BCUT2D eigenvalue weighted by atomic mass is 9.42. The fourth-order valence-corrected chi connectivity index (χ4v) is 6.47. The first-order valence-electron chi connectivity index (χ1n) is 8.35. The molecule has 1 aromatic carbocycles. The molecule has 1 aliphatic heterocycles. The molecule has 4 aliphatic carbocycles. The molecular weight excluding hydrogens is 260 g/mol. The molecule has 2 heteroatoms. The molecule has 2 nitrogen and oxygen atoms in total. The highest BCUT2D eigenvalue weighted by Crippen LogP contribution is 2.69. The van der Waals surface area contributed by atoms with Crippen molar-refractivity contribution in [2.24, 2.45) is 17.3 Å². The highest BCUT2D eigenvalue weighted by atomic mass is 16.6. The number of carbonyl (C=O) groups is 1. The molecule has 5 aliphatic rings. The molecule has 5 fully saturated rings. The first-order chi connectivity index (χ1) is 10.1. The van der Waals surface area contributed by atoms with Crippen LogP contribution in [0.4, 0.5) is 0 Å². The number of hydrogen-bond donors (Lipinski definition) is 0. The van der Waals surface area contributed by atoms with Crippen molar-refractivity contribution in [3.05, 3.63) is 35.4 Å². The first kappa shape index (κ1) is 12.3. The Kier molecular flexibility index (Phi) is 2.17. The van der Waals surface area contributed by atoms with Crippen molar-refractivity contribution in [1.82, 2.24) is 0 Å². The summed E-state index contributed by atoms with van der Waals surface area (Å²) in [5, 5.41) is 0. The summed E-state index contributed by atoms with van der Waals surface area (Å²) in [6, 6.07) is 9.18. The van der Waals surface area contributed by atoms with Crippen LogP contribution in [-0.2, 0) is 14.9 Å². The molecule has 5 atom stereocenters. The highest BCUT2D eigenvalue weighted by Gasteiger charge is 2.67. The quantitative estimate of drug-likeness (QED) is 0.733. The van der Waals surface area contributed by atoms with E-state index in [9.17, 15) is 4.79 Å². The number of ether oxygens (including phenoxy) is 1. The van der Waals surface area contributed by atoms with Gasteiger partial charge in [-0.15, -0.1) is 0 Å². The predicted octanol–water partition coefficient (Wildman–Crippen LogP) is 3.76. The molecule has 1 heterocycles. The maximum atomic E-state index is 11.9. The molecule has 4 saturated carbocycles. The SMILES string of the molecule is Cc1ccc(C23CC4CC(C2)[C@H]2OC(=O)CC2(C4)C3)cc1. The average Bonchev–Trinajstić information content (AvgIpc) is 2.74. The molecule has 1 spiro atoms. The van der Waals surface area contributed by atoms with Crippen molar-refractivity contribution in [1.29, 1.82) is 0 Å². The third-order valence-electron chi connectivity index (χ3n) is 6.80. The molecule has 4 bridgehead atoms. The van der Waals surface area contributed by atoms with Crippen molar-refractivity contribution < 1.29 is 9.53 Å². The number of carbonyl (C=O) groups excluding carboxylic acids is 1. The summed E-state index contributed by atoms with van der Waals surface area (Å²) in [7, 11) is 0. The molecule has 0 amide bonds. The molecular formula is C19H22O2. The fourth-order valence-electron chi connectivity index (χ4n) is 6.47. The number of esters is 1. The van der Waals surface area contributed by atoms with Gasteiger partial charge >= 0.3 is 5.97 Å². The summed E-state index contributed by atoms with van der Waals surface area (Å²) >= 11 is 0. The Morgan fingerprint density at radius 3 is 2.76 bits per heavy atom. The number of hydrogen-bond acceptors (Lipinski definition) is 2. The Hall–Kier alpha value is -1.31. The van der Waals surface area contributed by atoms with Gasteiger partial charge < -0.3 is 4.74 Å². The third kappa shape index (κ3) is 1.51. The van der Waals surface area contributed by atoms with Gasteiger partial charge in [0.05, 0.1) is 6.42 Å². The normalized spacial score (nSPS) is 46.5. The average molecular weight is 282 g/mol. The van der Waals surface area contributed by atoms with E-state index in [0.29, 0.717) is 17.8 Å². The maximum Gasteiger partial charge on any atom is 0.306 e. The lowest BCUT2D eigenvalue weighted by Gasteiger charge is -2.62. The Morgan fingerprint density at radius 1 is 1.14 bits per heavy atom. The highest BCUT2D eigenvalue weighted by molar-refractivity contribution is 5.73. The summed E-state index contributed by atoms with van der Waals surface area (Å²) < 4.78 is 5.75. The lowest BCUT2D eigenvalue weighted by Crippen LogP contribution is -2.59. The summed E-state index contributed by atoms with van der Waals surface area (Å²) in [6.45, 7) is 2.15. The van der Waals surface area contributed by atoms with Crippen LogP contribution in [0.5, 0.6) is 0 Å². The zero-order valence-corrected chi connectivity index (χ0v) is 12.6. The fraction of sp³-hybridized carbons (Fsp3) is 0.632. The van der Waals surface area contributed by atoms with Gasteiger partial charge in [0.25, 0.3) is 0 Å². The molecule has 0 aromatic heterocycles. The van der Waals surface area contributed by atoms with Crippen LogP contribution in [0.15, 0.2) is 24.3 Å². The van der Waals surface area contributed by atoms with Crippen LogP contribution >= 0.6 is 0 Å². The lowest BCUT2D eigenvalue weighted by molar-refractivity contribution is -0.160. The third-order valence-corrected chi connectivity index (χ3v) is 6.80. The first-order valence-corrected chi connectivity index (χ1v) is 8.35. The van der Waals surface area contributed by atoms with Crippen LogP contribution in [0.25, 0.3) is 0 Å². The zero-order valence-electron chi connectivity index (χ0n) is 12.6. The van der Waals surface area contributed by atoms with E-state index in [1.807, 2.05) is 0 Å². The topological polar surface area (TPSA) is 26.3 Å². The number of benzene rings is 1. The molecule has 1 aromatic rings. The molecule has 21 heavy (non-hydrogen) atoms.